The van der Waals surface area contributed by atoms with Crippen molar-refractivity contribution in [3.8, 4) is 0 Å². The summed E-state index contributed by atoms with van der Waals surface area (Å²) in [5, 5.41) is 9.03. The van der Waals surface area contributed by atoms with Crippen molar-refractivity contribution in [1.29, 1.82) is 0 Å². The number of amides is 1. The molecule has 1 N–H and O–H groups in total. The normalized spacial score (nSPS) is 10.1. The van der Waals surface area contributed by atoms with E-state index in [4.69, 9.17) is 5.11 Å². The lowest BCUT2D eigenvalue weighted by atomic mass is 10.1. The van der Waals surface area contributed by atoms with Gasteiger partial charge in [0.25, 0.3) is 0 Å². The van der Waals surface area contributed by atoms with E-state index in [2.05, 4.69) is 0 Å². The van der Waals surface area contributed by atoms with Crippen LogP contribution in [0.4, 0.5) is 11.4 Å². The van der Waals surface area contributed by atoms with E-state index in [0.29, 0.717) is 11.3 Å². The molecule has 0 saturated heterocycles. The molecule has 0 heterocycles. The zero-order valence-electron chi connectivity index (χ0n) is 11.3. The number of rotatable bonds is 4. The number of nitrogens with zero attached hydrogens (tertiary/aromatic N) is 1. The van der Waals surface area contributed by atoms with Gasteiger partial charge < -0.3 is 5.11 Å². The van der Waals surface area contributed by atoms with Crippen molar-refractivity contribution < 1.29 is 14.7 Å². The molecule has 0 aliphatic rings. The summed E-state index contributed by atoms with van der Waals surface area (Å²) < 4.78 is 0. The van der Waals surface area contributed by atoms with Crippen LogP contribution in [0.1, 0.15) is 21.5 Å². The summed E-state index contributed by atoms with van der Waals surface area (Å²) in [5.41, 5.74) is 3.26. The number of anilines is 2. The lowest BCUT2D eigenvalue weighted by Crippen LogP contribution is -2.15. The van der Waals surface area contributed by atoms with Gasteiger partial charge in [-0.2, -0.15) is 0 Å². The third-order valence-electron chi connectivity index (χ3n) is 3.20. The molecule has 2 aromatic carbocycles. The van der Waals surface area contributed by atoms with Gasteiger partial charge in [0.1, 0.15) is 0 Å². The van der Waals surface area contributed by atoms with Gasteiger partial charge in [0.2, 0.25) is 6.41 Å². The lowest BCUT2D eigenvalue weighted by Gasteiger charge is -2.20. The molecular weight excluding hydrogens is 254 g/mol. The highest BCUT2D eigenvalue weighted by Gasteiger charge is 2.13. The molecule has 20 heavy (non-hydrogen) atoms. The molecule has 0 bridgehead atoms. The number of aromatic carboxylic acids is 1. The predicted molar refractivity (Wildman–Crippen MR) is 77.5 cm³/mol. The molecule has 0 aliphatic carbocycles. The fourth-order valence-electron chi connectivity index (χ4n) is 2.13. The molecule has 2 rings (SSSR count). The van der Waals surface area contributed by atoms with Gasteiger partial charge in [0.05, 0.1) is 11.3 Å². The first-order valence-electron chi connectivity index (χ1n) is 6.18. The summed E-state index contributed by atoms with van der Waals surface area (Å²) in [6, 6.07) is 12.4. The number of para-hydroxylation sites is 1. The number of carbonyl (C=O) groups is 2. The Morgan fingerprint density at radius 2 is 1.80 bits per heavy atom. The highest BCUT2D eigenvalue weighted by molar-refractivity contribution is 5.92. The largest absolute Gasteiger partial charge is 0.478 e. The predicted octanol–water partition coefficient (Wildman–Crippen LogP) is 3.30. The Morgan fingerprint density at radius 3 is 2.35 bits per heavy atom. The molecule has 0 saturated carbocycles. The van der Waals surface area contributed by atoms with Gasteiger partial charge >= 0.3 is 5.97 Å². The molecule has 0 aliphatic heterocycles. The van der Waals surface area contributed by atoms with E-state index in [-0.39, 0.29) is 5.56 Å². The average Bonchev–Trinajstić information content (AvgIpc) is 2.41. The molecule has 2 aromatic rings. The third-order valence-corrected chi connectivity index (χ3v) is 3.20. The minimum absolute atomic E-state index is 0.240. The molecule has 1 amide bonds. The van der Waals surface area contributed by atoms with Gasteiger partial charge in [-0.15, -0.1) is 0 Å². The number of benzene rings is 2. The SMILES string of the molecule is Cc1cc(N(C=O)c2ccccc2C)ccc1C(=O)O. The first kappa shape index (κ1) is 13.8. The van der Waals surface area contributed by atoms with Crippen LogP contribution >= 0.6 is 0 Å². The number of carboxylic acids is 1. The van der Waals surface area contributed by atoms with E-state index in [1.807, 2.05) is 31.2 Å². The molecule has 0 aromatic heterocycles. The molecule has 0 atom stereocenters. The van der Waals surface area contributed by atoms with Crippen molar-refractivity contribution in [2.24, 2.45) is 0 Å². The molecule has 102 valence electrons. The Kier molecular flexibility index (Phi) is 3.84. The Balaban J connectivity index is 2.48. The molecule has 0 fully saturated rings. The summed E-state index contributed by atoms with van der Waals surface area (Å²) >= 11 is 0. The van der Waals surface area contributed by atoms with Crippen LogP contribution in [0.25, 0.3) is 0 Å². The van der Waals surface area contributed by atoms with Gasteiger partial charge in [0, 0.05) is 5.69 Å². The van der Waals surface area contributed by atoms with Crippen LogP contribution in [0.2, 0.25) is 0 Å². The van der Waals surface area contributed by atoms with Gasteiger partial charge in [-0.25, -0.2) is 4.79 Å². The maximum absolute atomic E-state index is 11.4. The topological polar surface area (TPSA) is 57.6 Å². The summed E-state index contributed by atoms with van der Waals surface area (Å²) in [5.74, 6) is -0.970. The average molecular weight is 269 g/mol. The van der Waals surface area contributed by atoms with Crippen molar-refractivity contribution in [1.82, 2.24) is 0 Å². The van der Waals surface area contributed by atoms with E-state index in [1.165, 1.54) is 11.0 Å². The smallest absolute Gasteiger partial charge is 0.335 e. The molecule has 4 nitrogen and oxygen atoms in total. The zero-order valence-corrected chi connectivity index (χ0v) is 11.3. The second-order valence-electron chi connectivity index (χ2n) is 4.57. The first-order chi connectivity index (χ1) is 9.54. The number of hydrogen-bond acceptors (Lipinski definition) is 2. The van der Waals surface area contributed by atoms with Crippen molar-refractivity contribution >= 4 is 23.8 Å². The van der Waals surface area contributed by atoms with Crippen molar-refractivity contribution in [3.05, 3.63) is 59.2 Å². The standard InChI is InChI=1S/C16H15NO3/c1-11-5-3-4-6-15(11)17(10-18)13-7-8-14(16(19)20)12(2)9-13/h3-10H,1-2H3,(H,19,20). The van der Waals surface area contributed by atoms with E-state index >= 15 is 0 Å². The van der Waals surface area contributed by atoms with Crippen molar-refractivity contribution in [2.45, 2.75) is 13.8 Å². The third kappa shape index (κ3) is 2.54. The van der Waals surface area contributed by atoms with Crippen LogP contribution in [0.3, 0.4) is 0 Å². The molecule has 0 unspecified atom stereocenters. The Bertz CT molecular complexity index is 665. The maximum Gasteiger partial charge on any atom is 0.335 e. The van der Waals surface area contributed by atoms with Crippen molar-refractivity contribution in [3.63, 3.8) is 0 Å². The maximum atomic E-state index is 11.4. The van der Waals surface area contributed by atoms with Crippen molar-refractivity contribution in [2.75, 3.05) is 4.90 Å². The lowest BCUT2D eigenvalue weighted by molar-refractivity contribution is -0.106. The minimum atomic E-state index is -0.970. The van der Waals surface area contributed by atoms with E-state index in [1.54, 1.807) is 19.1 Å². The fourth-order valence-corrected chi connectivity index (χ4v) is 2.13. The Labute approximate surface area is 117 Å². The highest BCUT2D eigenvalue weighted by Crippen LogP contribution is 2.28. The Morgan fingerprint density at radius 1 is 1.10 bits per heavy atom. The quantitative estimate of drug-likeness (QED) is 0.866. The van der Waals surface area contributed by atoms with Crippen LogP contribution in [0.5, 0.6) is 0 Å². The van der Waals surface area contributed by atoms with Gasteiger partial charge in [0.15, 0.2) is 0 Å². The highest BCUT2D eigenvalue weighted by atomic mass is 16.4. The summed E-state index contributed by atoms with van der Waals surface area (Å²) in [6.45, 7) is 3.64. The van der Waals surface area contributed by atoms with E-state index < -0.39 is 5.97 Å². The Hall–Kier alpha value is -2.62. The van der Waals surface area contributed by atoms with Gasteiger partial charge in [-0.1, -0.05) is 18.2 Å². The molecule has 4 heteroatoms. The number of carbonyl (C=O) groups excluding carboxylic acids is 1. The van der Waals surface area contributed by atoms with Crippen LogP contribution < -0.4 is 4.90 Å². The van der Waals surface area contributed by atoms with E-state index in [9.17, 15) is 9.59 Å². The summed E-state index contributed by atoms with van der Waals surface area (Å²) in [4.78, 5) is 23.9. The first-order valence-corrected chi connectivity index (χ1v) is 6.18. The van der Waals surface area contributed by atoms with Crippen LogP contribution in [0.15, 0.2) is 42.5 Å². The minimum Gasteiger partial charge on any atom is -0.478 e. The van der Waals surface area contributed by atoms with Gasteiger partial charge in [-0.05, 0) is 49.2 Å². The van der Waals surface area contributed by atoms with Crippen LogP contribution in [-0.4, -0.2) is 17.5 Å². The second kappa shape index (κ2) is 5.57. The number of carboxylic acid groups (broad SMARTS) is 1. The van der Waals surface area contributed by atoms with Gasteiger partial charge in [-0.3, -0.25) is 9.69 Å². The number of aryl methyl sites for hydroxylation is 2. The monoisotopic (exact) mass is 269 g/mol. The zero-order chi connectivity index (χ0) is 14.7. The van der Waals surface area contributed by atoms with Crippen LogP contribution in [-0.2, 0) is 4.79 Å². The molecular formula is C16H15NO3. The molecule has 0 spiro atoms. The molecule has 0 radical (unpaired) electrons. The summed E-state index contributed by atoms with van der Waals surface area (Å²) in [7, 11) is 0. The number of hydrogen-bond donors (Lipinski definition) is 1. The summed E-state index contributed by atoms with van der Waals surface area (Å²) in [6.07, 6.45) is 0.734. The van der Waals surface area contributed by atoms with Crippen LogP contribution in [0, 0.1) is 13.8 Å². The fraction of sp³-hybridized carbons (Fsp3) is 0.125. The second-order valence-corrected chi connectivity index (χ2v) is 4.57. The van der Waals surface area contributed by atoms with E-state index in [0.717, 1.165) is 17.7 Å².